The average molecular weight is 273 g/mol. The first-order valence-corrected chi connectivity index (χ1v) is 6.88. The van der Waals surface area contributed by atoms with Gasteiger partial charge in [0.2, 0.25) is 0 Å². The van der Waals surface area contributed by atoms with Crippen LogP contribution in [-0.4, -0.2) is 20.3 Å². The average Bonchev–Trinajstić information content (AvgIpc) is 2.95. The number of nitrogen functional groups attached to an aromatic ring is 1. The van der Waals surface area contributed by atoms with Gasteiger partial charge in [-0.2, -0.15) is 5.10 Å². The zero-order valence-electron chi connectivity index (χ0n) is 11.5. The van der Waals surface area contributed by atoms with E-state index in [9.17, 15) is 4.79 Å². The summed E-state index contributed by atoms with van der Waals surface area (Å²) in [6, 6.07) is 4.26. The van der Waals surface area contributed by atoms with Crippen molar-refractivity contribution in [2.45, 2.75) is 31.8 Å². The lowest BCUT2D eigenvalue weighted by Crippen LogP contribution is -2.28. The maximum absolute atomic E-state index is 12.3. The van der Waals surface area contributed by atoms with Gasteiger partial charge in [0, 0.05) is 31.4 Å². The molecule has 0 aliphatic heterocycles. The molecular weight excluding hydrogens is 254 g/mol. The van der Waals surface area contributed by atoms with Crippen molar-refractivity contribution in [2.24, 2.45) is 7.05 Å². The van der Waals surface area contributed by atoms with Gasteiger partial charge in [0.1, 0.15) is 11.5 Å². The number of amides is 1. The second-order valence-electron chi connectivity index (χ2n) is 5.25. The van der Waals surface area contributed by atoms with Crippen LogP contribution in [0.1, 0.15) is 41.4 Å². The Balaban J connectivity index is 1.67. The number of carbonyl (C=O) groups excluding carboxylic acids is 1. The molecule has 2 heterocycles. The molecule has 1 aliphatic carbocycles. The third-order valence-electron chi connectivity index (χ3n) is 3.98. The molecule has 0 unspecified atom stereocenters. The predicted molar refractivity (Wildman–Crippen MR) is 76.1 cm³/mol. The molecular formula is C14H19N5O. The van der Waals surface area contributed by atoms with Crippen LogP contribution >= 0.6 is 0 Å². The third kappa shape index (κ3) is 2.17. The Hall–Kier alpha value is -2.24. The molecule has 2 aromatic rings. The number of rotatable bonds is 4. The van der Waals surface area contributed by atoms with E-state index in [0.717, 1.165) is 24.1 Å². The first-order chi connectivity index (χ1) is 9.66. The molecule has 6 heteroatoms. The molecule has 0 atom stereocenters. The van der Waals surface area contributed by atoms with Crippen LogP contribution in [0.2, 0.25) is 0 Å². The predicted octanol–water partition coefficient (Wildman–Crippen LogP) is 1.46. The summed E-state index contributed by atoms with van der Waals surface area (Å²) in [5, 5.41) is 6.97. The standard InChI is InChI=1S/C14H19N5O/c1-18-13(15)10(9-17-18)8-16-14(20)12-6-3-7-19(12)11-4-2-5-11/h3,6-7,9,11H,2,4-5,8,15H2,1H3,(H,16,20). The minimum Gasteiger partial charge on any atom is -0.384 e. The zero-order chi connectivity index (χ0) is 14.1. The van der Waals surface area contributed by atoms with Crippen molar-refractivity contribution in [1.82, 2.24) is 19.7 Å². The highest BCUT2D eigenvalue weighted by Crippen LogP contribution is 2.32. The Labute approximate surface area is 117 Å². The number of nitrogens with two attached hydrogens (primary N) is 1. The molecule has 1 aliphatic rings. The van der Waals surface area contributed by atoms with E-state index in [2.05, 4.69) is 15.0 Å². The monoisotopic (exact) mass is 273 g/mol. The maximum Gasteiger partial charge on any atom is 0.268 e. The van der Waals surface area contributed by atoms with Gasteiger partial charge in [-0.3, -0.25) is 9.48 Å². The van der Waals surface area contributed by atoms with Crippen molar-refractivity contribution < 1.29 is 4.79 Å². The van der Waals surface area contributed by atoms with E-state index in [-0.39, 0.29) is 5.91 Å². The molecule has 3 rings (SSSR count). The van der Waals surface area contributed by atoms with Gasteiger partial charge in [-0.05, 0) is 31.4 Å². The number of aryl methyl sites for hydroxylation is 1. The molecule has 0 spiro atoms. The number of nitrogens with zero attached hydrogens (tertiary/aromatic N) is 3. The lowest BCUT2D eigenvalue weighted by molar-refractivity contribution is 0.0936. The molecule has 0 aromatic carbocycles. The highest BCUT2D eigenvalue weighted by molar-refractivity contribution is 5.92. The van der Waals surface area contributed by atoms with Crippen molar-refractivity contribution >= 4 is 11.7 Å². The smallest absolute Gasteiger partial charge is 0.268 e. The Morgan fingerprint density at radius 2 is 2.35 bits per heavy atom. The molecule has 20 heavy (non-hydrogen) atoms. The molecule has 1 saturated carbocycles. The van der Waals surface area contributed by atoms with Crippen LogP contribution < -0.4 is 11.1 Å². The molecule has 1 fully saturated rings. The SMILES string of the molecule is Cn1ncc(CNC(=O)c2cccn2C2CCC2)c1N. The molecule has 2 aromatic heterocycles. The summed E-state index contributed by atoms with van der Waals surface area (Å²) in [6.45, 7) is 0.397. The van der Waals surface area contributed by atoms with Gasteiger partial charge in [-0.15, -0.1) is 0 Å². The highest BCUT2D eigenvalue weighted by atomic mass is 16.1. The van der Waals surface area contributed by atoms with Gasteiger partial charge in [-0.1, -0.05) is 0 Å². The summed E-state index contributed by atoms with van der Waals surface area (Å²) in [5.41, 5.74) is 7.42. The Kier molecular flexibility index (Phi) is 3.22. The van der Waals surface area contributed by atoms with Crippen molar-refractivity contribution in [3.8, 4) is 0 Å². The van der Waals surface area contributed by atoms with E-state index in [0.29, 0.717) is 18.4 Å². The minimum atomic E-state index is -0.0647. The number of anilines is 1. The second-order valence-corrected chi connectivity index (χ2v) is 5.25. The molecule has 0 bridgehead atoms. The van der Waals surface area contributed by atoms with Crippen LogP contribution in [0.5, 0.6) is 0 Å². The molecule has 0 saturated heterocycles. The molecule has 3 N–H and O–H groups in total. The Morgan fingerprint density at radius 3 is 2.95 bits per heavy atom. The summed E-state index contributed by atoms with van der Waals surface area (Å²) < 4.78 is 3.67. The lowest BCUT2D eigenvalue weighted by Gasteiger charge is -2.28. The van der Waals surface area contributed by atoms with Gasteiger partial charge < -0.3 is 15.6 Å². The Morgan fingerprint density at radius 1 is 1.55 bits per heavy atom. The topological polar surface area (TPSA) is 77.9 Å². The van der Waals surface area contributed by atoms with Crippen molar-refractivity contribution in [3.05, 3.63) is 35.8 Å². The van der Waals surface area contributed by atoms with Crippen LogP contribution in [0.15, 0.2) is 24.5 Å². The second kappa shape index (κ2) is 5.03. The van der Waals surface area contributed by atoms with E-state index < -0.39 is 0 Å². The molecule has 106 valence electrons. The van der Waals surface area contributed by atoms with Crippen LogP contribution in [0, 0.1) is 0 Å². The fourth-order valence-electron chi connectivity index (χ4n) is 2.46. The van der Waals surface area contributed by atoms with Gasteiger partial charge in [0.25, 0.3) is 5.91 Å². The van der Waals surface area contributed by atoms with E-state index in [1.165, 1.54) is 6.42 Å². The fraction of sp³-hybridized carbons (Fsp3) is 0.429. The Bertz CT molecular complexity index is 623. The molecule has 0 radical (unpaired) electrons. The first-order valence-electron chi connectivity index (χ1n) is 6.88. The summed E-state index contributed by atoms with van der Waals surface area (Å²) in [6.07, 6.45) is 7.23. The number of hydrogen-bond acceptors (Lipinski definition) is 3. The summed E-state index contributed by atoms with van der Waals surface area (Å²) in [4.78, 5) is 12.3. The fourth-order valence-corrected chi connectivity index (χ4v) is 2.46. The number of aromatic nitrogens is 3. The number of hydrogen-bond donors (Lipinski definition) is 2. The zero-order valence-corrected chi connectivity index (χ0v) is 11.5. The largest absolute Gasteiger partial charge is 0.384 e. The quantitative estimate of drug-likeness (QED) is 0.885. The van der Waals surface area contributed by atoms with Crippen LogP contribution in [0.4, 0.5) is 5.82 Å². The summed E-state index contributed by atoms with van der Waals surface area (Å²) in [5.74, 6) is 0.518. The maximum atomic E-state index is 12.3. The van der Waals surface area contributed by atoms with E-state index in [4.69, 9.17) is 5.73 Å². The normalized spacial score (nSPS) is 15.1. The van der Waals surface area contributed by atoms with Crippen molar-refractivity contribution in [1.29, 1.82) is 0 Å². The third-order valence-corrected chi connectivity index (χ3v) is 3.98. The van der Waals surface area contributed by atoms with Crippen molar-refractivity contribution in [3.63, 3.8) is 0 Å². The van der Waals surface area contributed by atoms with E-state index in [1.807, 2.05) is 18.3 Å². The van der Waals surface area contributed by atoms with Gasteiger partial charge in [0.05, 0.1) is 6.20 Å². The first kappa shape index (κ1) is 12.8. The summed E-state index contributed by atoms with van der Waals surface area (Å²) in [7, 11) is 1.78. The lowest BCUT2D eigenvalue weighted by atomic mass is 9.93. The van der Waals surface area contributed by atoms with Crippen molar-refractivity contribution in [2.75, 3.05) is 5.73 Å². The van der Waals surface area contributed by atoms with E-state index in [1.54, 1.807) is 17.9 Å². The molecule has 1 amide bonds. The van der Waals surface area contributed by atoms with Gasteiger partial charge in [-0.25, -0.2) is 0 Å². The highest BCUT2D eigenvalue weighted by Gasteiger charge is 2.23. The van der Waals surface area contributed by atoms with Gasteiger partial charge in [0.15, 0.2) is 0 Å². The van der Waals surface area contributed by atoms with E-state index >= 15 is 0 Å². The van der Waals surface area contributed by atoms with Crippen LogP contribution in [0.3, 0.4) is 0 Å². The van der Waals surface area contributed by atoms with Crippen LogP contribution in [-0.2, 0) is 13.6 Å². The molecule has 6 nitrogen and oxygen atoms in total. The minimum absolute atomic E-state index is 0.0647. The number of nitrogens with one attached hydrogen (secondary N) is 1. The number of carbonyl (C=O) groups is 1. The van der Waals surface area contributed by atoms with Gasteiger partial charge >= 0.3 is 0 Å². The van der Waals surface area contributed by atoms with Crippen LogP contribution in [0.25, 0.3) is 0 Å². The summed E-state index contributed by atoms with van der Waals surface area (Å²) >= 11 is 0.